The van der Waals surface area contributed by atoms with Crippen molar-refractivity contribution in [2.45, 2.75) is 250 Å². The number of allylic oxidation sites excluding steroid dienone is 22. The van der Waals surface area contributed by atoms with Gasteiger partial charge < -0.3 is 39.0 Å². The molecule has 79 heavy (non-hydrogen) atoms. The molecule has 6 atom stereocenters. The van der Waals surface area contributed by atoms with Gasteiger partial charge in [-0.2, -0.15) is 0 Å². The zero-order valence-corrected chi connectivity index (χ0v) is 48.8. The van der Waals surface area contributed by atoms with Crippen LogP contribution in [0.15, 0.2) is 134 Å². The van der Waals surface area contributed by atoms with Gasteiger partial charge in [-0.1, -0.05) is 206 Å². The SMILES string of the molecule is CC/C=C\C/C=C\C/C=C\C/C=C\C/C=C\CCCC(=O)OCC(COC1OC(C(=O)O)C(O)C(O)C1OC(=O)CCCCCCCCC/C=C\C/C=C\C/C=C\CC)OC(=O)CCCCCCC/C=C\C/C=C\C/C=C\CC. The van der Waals surface area contributed by atoms with Crippen molar-refractivity contribution in [2.24, 2.45) is 0 Å². The maximum Gasteiger partial charge on any atom is 0.335 e. The Bertz CT molecular complexity index is 1880. The first-order valence-corrected chi connectivity index (χ1v) is 30.2. The van der Waals surface area contributed by atoms with Crippen molar-refractivity contribution in [2.75, 3.05) is 13.2 Å². The van der Waals surface area contributed by atoms with Crippen LogP contribution in [0.4, 0.5) is 0 Å². The molecule has 0 aromatic carbocycles. The second kappa shape index (κ2) is 53.5. The van der Waals surface area contributed by atoms with Gasteiger partial charge in [-0.05, 0) is 122 Å². The fourth-order valence-corrected chi connectivity index (χ4v) is 8.20. The van der Waals surface area contributed by atoms with Crippen molar-refractivity contribution < 1.29 is 58.2 Å². The second-order valence-corrected chi connectivity index (χ2v) is 19.8. The summed E-state index contributed by atoms with van der Waals surface area (Å²) in [5, 5.41) is 31.5. The van der Waals surface area contributed by atoms with E-state index >= 15 is 0 Å². The summed E-state index contributed by atoms with van der Waals surface area (Å²) in [6.45, 7) is 5.58. The van der Waals surface area contributed by atoms with Crippen LogP contribution in [0.3, 0.4) is 0 Å². The van der Waals surface area contributed by atoms with Gasteiger partial charge in [-0.15, -0.1) is 0 Å². The van der Waals surface area contributed by atoms with Crippen LogP contribution >= 0.6 is 0 Å². The van der Waals surface area contributed by atoms with Crippen LogP contribution in [0.1, 0.15) is 213 Å². The van der Waals surface area contributed by atoms with Gasteiger partial charge in [0.25, 0.3) is 0 Å². The molecule has 0 aliphatic carbocycles. The predicted octanol–water partition coefficient (Wildman–Crippen LogP) is 15.8. The standard InChI is InChI=1S/C67H104O12/c1-4-7-10-13-16-19-22-25-28-30-33-35-38-41-44-47-50-53-59(68)75-56-58(77-60(69)54-51-48-45-42-39-36-32-27-24-21-18-15-12-9-6-3)57-76-67-65(63(72)62(71)64(79-67)66(73)74)78-61(70)55-52-49-46-43-40-37-34-31-29-26-23-20-17-14-11-8-5-2/h7-12,16-21,25-29,32-33,35,41,44,58,62-65,67,71-72H,4-6,13-15,22-24,30-31,34,36-40,42-43,45-57H2,1-3H3,(H,73,74)/b10-7-,11-8-,12-9-,19-16-,20-17-,21-18-,28-25-,29-26-,32-27-,35-33-,44-41-. The lowest BCUT2D eigenvalue weighted by Gasteiger charge is -2.40. The topological polar surface area (TPSA) is 175 Å². The summed E-state index contributed by atoms with van der Waals surface area (Å²) in [5.74, 6) is -3.25. The average Bonchev–Trinajstić information content (AvgIpc) is 3.47. The average molecular weight is 1100 g/mol. The number of carboxylic acids is 1. The van der Waals surface area contributed by atoms with E-state index in [-0.39, 0.29) is 25.9 Å². The van der Waals surface area contributed by atoms with Gasteiger partial charge in [-0.25, -0.2) is 4.79 Å². The number of aliphatic hydroxyl groups excluding tert-OH is 2. The van der Waals surface area contributed by atoms with E-state index in [0.717, 1.165) is 148 Å². The van der Waals surface area contributed by atoms with Crippen LogP contribution in [-0.2, 0) is 42.9 Å². The van der Waals surface area contributed by atoms with Gasteiger partial charge in [-0.3, -0.25) is 14.4 Å². The highest BCUT2D eigenvalue weighted by Gasteiger charge is 2.50. The minimum absolute atomic E-state index is 0.0340. The molecular formula is C67H104O12. The Balaban J connectivity index is 2.74. The van der Waals surface area contributed by atoms with Crippen molar-refractivity contribution in [3.63, 3.8) is 0 Å². The van der Waals surface area contributed by atoms with Crippen LogP contribution in [-0.4, -0.2) is 89.2 Å². The maximum absolute atomic E-state index is 13.2. The summed E-state index contributed by atoms with van der Waals surface area (Å²) in [5.41, 5.74) is 0. The number of esters is 3. The largest absolute Gasteiger partial charge is 0.479 e. The van der Waals surface area contributed by atoms with Gasteiger partial charge in [0.2, 0.25) is 0 Å². The van der Waals surface area contributed by atoms with Crippen molar-refractivity contribution >= 4 is 23.9 Å². The third-order valence-electron chi connectivity index (χ3n) is 12.7. The molecule has 1 saturated heterocycles. The smallest absolute Gasteiger partial charge is 0.335 e. The molecular weight excluding hydrogens is 997 g/mol. The molecule has 1 heterocycles. The maximum atomic E-state index is 13.2. The van der Waals surface area contributed by atoms with Crippen LogP contribution in [0.5, 0.6) is 0 Å². The second-order valence-electron chi connectivity index (χ2n) is 19.8. The van der Waals surface area contributed by atoms with Gasteiger partial charge >= 0.3 is 23.9 Å². The molecule has 0 bridgehead atoms. The summed E-state index contributed by atoms with van der Waals surface area (Å²) in [6, 6.07) is 0. The van der Waals surface area contributed by atoms with Crippen LogP contribution in [0.2, 0.25) is 0 Å². The predicted molar refractivity (Wildman–Crippen MR) is 321 cm³/mol. The molecule has 0 radical (unpaired) electrons. The number of carboxylic acid groups (broad SMARTS) is 1. The van der Waals surface area contributed by atoms with E-state index in [1.54, 1.807) is 0 Å². The van der Waals surface area contributed by atoms with E-state index in [1.807, 2.05) is 6.08 Å². The number of aliphatic hydroxyl groups is 2. The number of unbranched alkanes of at least 4 members (excludes halogenated alkanes) is 13. The molecule has 1 rings (SSSR count). The minimum Gasteiger partial charge on any atom is -0.479 e. The van der Waals surface area contributed by atoms with Gasteiger partial charge in [0.05, 0.1) is 6.61 Å². The van der Waals surface area contributed by atoms with Crippen molar-refractivity contribution in [3.05, 3.63) is 134 Å². The fourth-order valence-electron chi connectivity index (χ4n) is 8.20. The number of rotatable bonds is 49. The van der Waals surface area contributed by atoms with Crippen molar-refractivity contribution in [1.29, 1.82) is 0 Å². The molecule has 1 fully saturated rings. The Morgan fingerprint density at radius 1 is 0.418 bits per heavy atom. The summed E-state index contributed by atoms with van der Waals surface area (Å²) in [7, 11) is 0. The lowest BCUT2D eigenvalue weighted by Crippen LogP contribution is -2.61. The highest BCUT2D eigenvalue weighted by atomic mass is 16.7. The van der Waals surface area contributed by atoms with Crippen molar-refractivity contribution in [1.82, 2.24) is 0 Å². The summed E-state index contributed by atoms with van der Waals surface area (Å²) in [4.78, 5) is 51.2. The zero-order valence-electron chi connectivity index (χ0n) is 48.8. The van der Waals surface area contributed by atoms with E-state index < -0.39 is 67.3 Å². The van der Waals surface area contributed by atoms with E-state index in [2.05, 4.69) is 148 Å². The van der Waals surface area contributed by atoms with Crippen LogP contribution in [0.25, 0.3) is 0 Å². The molecule has 0 amide bonds. The molecule has 0 spiro atoms. The number of carbonyl (C=O) groups is 4. The Morgan fingerprint density at radius 2 is 0.772 bits per heavy atom. The third-order valence-corrected chi connectivity index (χ3v) is 12.7. The molecule has 444 valence electrons. The Labute approximate surface area is 477 Å². The number of aliphatic carboxylic acids is 1. The van der Waals surface area contributed by atoms with Gasteiger partial charge in [0.15, 0.2) is 24.6 Å². The first kappa shape index (κ1) is 71.9. The number of hydrogen-bond acceptors (Lipinski definition) is 11. The van der Waals surface area contributed by atoms with Crippen LogP contribution in [0, 0.1) is 0 Å². The molecule has 0 aromatic rings. The number of ether oxygens (including phenoxy) is 5. The molecule has 0 aromatic heterocycles. The first-order valence-electron chi connectivity index (χ1n) is 30.2. The number of hydrogen-bond donors (Lipinski definition) is 3. The lowest BCUT2D eigenvalue weighted by molar-refractivity contribution is -0.301. The van der Waals surface area contributed by atoms with Gasteiger partial charge in [0, 0.05) is 19.3 Å². The fraction of sp³-hybridized carbons (Fsp3) is 0.612. The summed E-state index contributed by atoms with van der Waals surface area (Å²) >= 11 is 0. The third kappa shape index (κ3) is 43.4. The van der Waals surface area contributed by atoms with Crippen LogP contribution < -0.4 is 0 Å². The molecule has 12 nitrogen and oxygen atoms in total. The molecule has 12 heteroatoms. The quantitative estimate of drug-likeness (QED) is 0.0228. The molecule has 1 aliphatic heterocycles. The first-order chi connectivity index (χ1) is 38.6. The highest BCUT2D eigenvalue weighted by molar-refractivity contribution is 5.74. The summed E-state index contributed by atoms with van der Waals surface area (Å²) in [6.07, 6.45) is 62.7. The van der Waals surface area contributed by atoms with E-state index in [1.165, 1.54) is 0 Å². The van der Waals surface area contributed by atoms with E-state index in [0.29, 0.717) is 25.7 Å². The molecule has 6 unspecified atom stereocenters. The lowest BCUT2D eigenvalue weighted by atomic mass is 9.98. The molecule has 3 N–H and O–H groups in total. The Hall–Kier alpha value is -5.14. The highest BCUT2D eigenvalue weighted by Crippen LogP contribution is 2.26. The monoisotopic (exact) mass is 1100 g/mol. The molecule has 0 saturated carbocycles. The zero-order chi connectivity index (χ0) is 57.5. The molecule has 1 aliphatic rings. The normalized spacial score (nSPS) is 18.8. The van der Waals surface area contributed by atoms with Crippen molar-refractivity contribution in [3.8, 4) is 0 Å². The minimum atomic E-state index is -1.92. The van der Waals surface area contributed by atoms with Gasteiger partial charge in [0.1, 0.15) is 18.8 Å². The summed E-state index contributed by atoms with van der Waals surface area (Å²) < 4.78 is 28.4. The Morgan fingerprint density at radius 3 is 1.19 bits per heavy atom. The number of carbonyl (C=O) groups excluding carboxylic acids is 3. The van der Waals surface area contributed by atoms with E-state index in [9.17, 15) is 34.5 Å². The van der Waals surface area contributed by atoms with E-state index in [4.69, 9.17) is 23.7 Å². The Kier molecular flexibility index (Phi) is 48.7.